The molecule has 20 heavy (non-hydrogen) atoms. The smallest absolute Gasteiger partial charge is 0.303 e. The van der Waals surface area contributed by atoms with Crippen LogP contribution in [0.1, 0.15) is 37.0 Å². The van der Waals surface area contributed by atoms with E-state index in [9.17, 15) is 9.90 Å². The minimum Gasteiger partial charge on any atom is -0.496 e. The van der Waals surface area contributed by atoms with Gasteiger partial charge in [0.05, 0.1) is 13.2 Å². The number of aliphatic carboxylic acids is 1. The number of carboxylic acid groups (broad SMARTS) is 1. The highest BCUT2D eigenvalue weighted by Crippen LogP contribution is 2.29. The maximum absolute atomic E-state index is 10.7. The molecule has 0 saturated heterocycles. The number of aliphatic hydroxyl groups excluding tert-OH is 1. The van der Waals surface area contributed by atoms with E-state index < -0.39 is 12.1 Å². The molecule has 0 aliphatic rings. The molecule has 2 unspecified atom stereocenters. The van der Waals surface area contributed by atoms with E-state index in [0.717, 1.165) is 5.56 Å². The molecule has 0 bridgehead atoms. The predicted molar refractivity (Wildman–Crippen MR) is 77.0 cm³/mol. The Labute approximate surface area is 119 Å². The predicted octanol–water partition coefficient (Wildman–Crippen LogP) is 1.88. The number of methoxy groups -OCH3 is 1. The molecule has 5 heteroatoms. The van der Waals surface area contributed by atoms with Crippen LogP contribution in [0.15, 0.2) is 18.2 Å². The highest BCUT2D eigenvalue weighted by atomic mass is 16.5. The van der Waals surface area contributed by atoms with E-state index in [2.05, 4.69) is 5.32 Å². The van der Waals surface area contributed by atoms with Crippen molar-refractivity contribution in [3.05, 3.63) is 29.3 Å². The second kappa shape index (κ2) is 7.87. The molecule has 0 aromatic heterocycles. The van der Waals surface area contributed by atoms with Crippen molar-refractivity contribution in [2.45, 2.75) is 38.8 Å². The van der Waals surface area contributed by atoms with Gasteiger partial charge in [0, 0.05) is 18.0 Å². The van der Waals surface area contributed by atoms with E-state index in [1.807, 2.05) is 32.0 Å². The lowest BCUT2D eigenvalue weighted by Crippen LogP contribution is -2.35. The number of carboxylic acids is 1. The van der Waals surface area contributed by atoms with Gasteiger partial charge in [0.25, 0.3) is 0 Å². The first kappa shape index (κ1) is 16.5. The molecule has 0 fully saturated rings. The maximum Gasteiger partial charge on any atom is 0.303 e. The first-order valence-corrected chi connectivity index (χ1v) is 6.77. The van der Waals surface area contributed by atoms with Gasteiger partial charge in [-0.1, -0.05) is 18.6 Å². The van der Waals surface area contributed by atoms with Gasteiger partial charge in [-0.05, 0) is 32.0 Å². The fourth-order valence-corrected chi connectivity index (χ4v) is 2.21. The molecular formula is C15H23NO4. The summed E-state index contributed by atoms with van der Waals surface area (Å²) >= 11 is 0. The Bertz CT molecular complexity index is 447. The van der Waals surface area contributed by atoms with Crippen LogP contribution in [0, 0.1) is 6.92 Å². The van der Waals surface area contributed by atoms with Crippen LogP contribution in [-0.2, 0) is 4.79 Å². The minimum atomic E-state index is -0.865. The summed E-state index contributed by atoms with van der Waals surface area (Å²) in [6.45, 7) is 4.53. The van der Waals surface area contributed by atoms with Crippen molar-refractivity contribution < 1.29 is 19.7 Å². The number of rotatable bonds is 8. The average molecular weight is 281 g/mol. The minimum absolute atomic E-state index is 0.0167. The summed E-state index contributed by atoms with van der Waals surface area (Å²) < 4.78 is 5.27. The van der Waals surface area contributed by atoms with Crippen LogP contribution in [0.25, 0.3) is 0 Å². The van der Waals surface area contributed by atoms with Gasteiger partial charge in [-0.25, -0.2) is 0 Å². The molecule has 2 atom stereocenters. The molecule has 5 nitrogen and oxygen atoms in total. The number of benzene rings is 1. The Morgan fingerprint density at radius 3 is 2.70 bits per heavy atom. The second-order valence-electron chi connectivity index (χ2n) is 4.79. The molecule has 0 heterocycles. The molecule has 0 aliphatic heterocycles. The number of aliphatic hydroxyl groups is 1. The fourth-order valence-electron chi connectivity index (χ4n) is 2.21. The van der Waals surface area contributed by atoms with E-state index >= 15 is 0 Å². The van der Waals surface area contributed by atoms with E-state index in [1.165, 1.54) is 0 Å². The average Bonchev–Trinajstić information content (AvgIpc) is 2.42. The zero-order chi connectivity index (χ0) is 15.1. The molecule has 3 N–H and O–H groups in total. The van der Waals surface area contributed by atoms with Crippen LogP contribution in [0.3, 0.4) is 0 Å². The van der Waals surface area contributed by atoms with Crippen molar-refractivity contribution in [3.63, 3.8) is 0 Å². The van der Waals surface area contributed by atoms with Gasteiger partial charge in [-0.2, -0.15) is 0 Å². The number of likely N-dealkylation sites (N-methyl/N-ethyl adjacent to an activating group) is 1. The van der Waals surface area contributed by atoms with Gasteiger partial charge in [0.2, 0.25) is 0 Å². The van der Waals surface area contributed by atoms with Crippen LogP contribution in [0.4, 0.5) is 0 Å². The summed E-state index contributed by atoms with van der Waals surface area (Å²) in [6, 6.07) is 5.28. The van der Waals surface area contributed by atoms with Gasteiger partial charge in [-0.3, -0.25) is 4.79 Å². The van der Waals surface area contributed by atoms with E-state index in [-0.39, 0.29) is 12.5 Å². The number of carbonyl (C=O) groups is 1. The van der Waals surface area contributed by atoms with E-state index in [1.54, 1.807) is 7.11 Å². The summed E-state index contributed by atoms with van der Waals surface area (Å²) in [4.78, 5) is 10.7. The van der Waals surface area contributed by atoms with Crippen LogP contribution in [-0.4, -0.2) is 35.9 Å². The molecule has 1 rings (SSSR count). The summed E-state index contributed by atoms with van der Waals surface area (Å²) in [5, 5.41) is 22.5. The molecule has 112 valence electrons. The maximum atomic E-state index is 10.7. The molecule has 1 aromatic rings. The lowest BCUT2D eigenvalue weighted by atomic mass is 9.96. The van der Waals surface area contributed by atoms with Gasteiger partial charge in [0.15, 0.2) is 0 Å². The quantitative estimate of drug-likeness (QED) is 0.678. The standard InChI is InChI=1S/C15H23NO4/c1-4-16-12(6-8-14(17)18)15(19)11-9-10(2)5-7-13(11)20-3/h5,7,9,12,15-16,19H,4,6,8H2,1-3H3,(H,17,18). The molecule has 0 amide bonds. The molecule has 1 aromatic carbocycles. The van der Waals surface area contributed by atoms with Crippen LogP contribution < -0.4 is 10.1 Å². The molecule has 0 aliphatic carbocycles. The molecular weight excluding hydrogens is 258 g/mol. The van der Waals surface area contributed by atoms with Gasteiger partial charge < -0.3 is 20.3 Å². The second-order valence-corrected chi connectivity index (χ2v) is 4.79. The third-order valence-corrected chi connectivity index (χ3v) is 3.22. The van der Waals surface area contributed by atoms with E-state index in [4.69, 9.17) is 9.84 Å². The highest BCUT2D eigenvalue weighted by molar-refractivity contribution is 5.66. The number of nitrogens with one attached hydrogen (secondary N) is 1. The van der Waals surface area contributed by atoms with Crippen molar-refractivity contribution >= 4 is 5.97 Å². The first-order valence-electron chi connectivity index (χ1n) is 6.77. The van der Waals surface area contributed by atoms with Crippen molar-refractivity contribution in [3.8, 4) is 5.75 Å². The molecule has 0 spiro atoms. The van der Waals surface area contributed by atoms with Gasteiger partial charge >= 0.3 is 5.97 Å². The number of ether oxygens (including phenoxy) is 1. The Kier molecular flexibility index (Phi) is 6.48. The Hall–Kier alpha value is -1.59. The fraction of sp³-hybridized carbons (Fsp3) is 0.533. The third-order valence-electron chi connectivity index (χ3n) is 3.22. The van der Waals surface area contributed by atoms with Crippen LogP contribution in [0.5, 0.6) is 5.75 Å². The van der Waals surface area contributed by atoms with Crippen molar-refractivity contribution in [2.75, 3.05) is 13.7 Å². The number of hydrogen-bond donors (Lipinski definition) is 3. The SMILES string of the molecule is CCNC(CCC(=O)O)C(O)c1cc(C)ccc1OC. The van der Waals surface area contributed by atoms with Crippen LogP contribution >= 0.6 is 0 Å². The molecule has 0 saturated carbocycles. The zero-order valence-electron chi connectivity index (χ0n) is 12.2. The largest absolute Gasteiger partial charge is 0.496 e. The van der Waals surface area contributed by atoms with Crippen LogP contribution in [0.2, 0.25) is 0 Å². The summed E-state index contributed by atoms with van der Waals surface area (Å²) in [5.41, 5.74) is 1.71. The summed E-state index contributed by atoms with van der Waals surface area (Å²) in [5.74, 6) is -0.252. The topological polar surface area (TPSA) is 78.8 Å². The Morgan fingerprint density at radius 1 is 1.45 bits per heavy atom. The van der Waals surface area contributed by atoms with Crippen molar-refractivity contribution in [2.24, 2.45) is 0 Å². The van der Waals surface area contributed by atoms with Crippen molar-refractivity contribution in [1.29, 1.82) is 0 Å². The Balaban J connectivity index is 2.95. The zero-order valence-corrected chi connectivity index (χ0v) is 12.2. The lowest BCUT2D eigenvalue weighted by Gasteiger charge is -2.25. The Morgan fingerprint density at radius 2 is 2.15 bits per heavy atom. The third kappa shape index (κ3) is 4.51. The lowest BCUT2D eigenvalue weighted by molar-refractivity contribution is -0.137. The number of hydrogen-bond acceptors (Lipinski definition) is 4. The van der Waals surface area contributed by atoms with Crippen molar-refractivity contribution in [1.82, 2.24) is 5.32 Å². The molecule has 0 radical (unpaired) electrons. The number of aryl methyl sites for hydroxylation is 1. The summed E-state index contributed by atoms with van der Waals surface area (Å²) in [6.07, 6.45) is -0.422. The summed E-state index contributed by atoms with van der Waals surface area (Å²) in [7, 11) is 1.56. The van der Waals surface area contributed by atoms with Gasteiger partial charge in [-0.15, -0.1) is 0 Å². The normalized spacial score (nSPS) is 13.8. The first-order chi connectivity index (χ1) is 9.49. The monoisotopic (exact) mass is 281 g/mol. The highest BCUT2D eigenvalue weighted by Gasteiger charge is 2.23. The van der Waals surface area contributed by atoms with Gasteiger partial charge in [0.1, 0.15) is 5.75 Å². The van der Waals surface area contributed by atoms with E-state index in [0.29, 0.717) is 24.3 Å².